The predicted octanol–water partition coefficient (Wildman–Crippen LogP) is 3.42. The third-order valence-electron chi connectivity index (χ3n) is 3.62. The average Bonchev–Trinajstić information content (AvgIpc) is 2.36. The van der Waals surface area contributed by atoms with Crippen LogP contribution in [0.15, 0.2) is 41.2 Å². The van der Waals surface area contributed by atoms with Crippen molar-refractivity contribution in [3.05, 3.63) is 58.7 Å². The predicted molar refractivity (Wildman–Crippen MR) is 72.7 cm³/mol. The van der Waals surface area contributed by atoms with Gasteiger partial charge in [-0.3, -0.25) is 4.79 Å². The summed E-state index contributed by atoms with van der Waals surface area (Å²) in [5, 5.41) is 0. The molecule has 1 radical (unpaired) electrons. The van der Waals surface area contributed by atoms with Gasteiger partial charge in [-0.25, -0.2) is 4.39 Å². The van der Waals surface area contributed by atoms with Gasteiger partial charge in [0.05, 0.1) is 0 Å². The smallest absolute Gasteiger partial charge is 0.158 e. The second-order valence-electron chi connectivity index (χ2n) is 4.83. The van der Waals surface area contributed by atoms with Crippen LogP contribution in [0.5, 0.6) is 0 Å². The van der Waals surface area contributed by atoms with Gasteiger partial charge in [-0.05, 0) is 44.5 Å². The van der Waals surface area contributed by atoms with E-state index < -0.39 is 0 Å². The normalized spacial score (nSPS) is 19.5. The van der Waals surface area contributed by atoms with Gasteiger partial charge in [0.1, 0.15) is 5.82 Å². The Morgan fingerprint density at radius 2 is 1.84 bits per heavy atom. The van der Waals surface area contributed by atoms with Gasteiger partial charge >= 0.3 is 0 Å². The van der Waals surface area contributed by atoms with Crippen LogP contribution < -0.4 is 0 Å². The van der Waals surface area contributed by atoms with Gasteiger partial charge in [-0.2, -0.15) is 0 Å². The first-order chi connectivity index (χ1) is 8.91. The van der Waals surface area contributed by atoms with Crippen LogP contribution in [0.4, 0.5) is 4.39 Å². The zero-order valence-electron chi connectivity index (χ0n) is 11.6. The van der Waals surface area contributed by atoms with E-state index in [9.17, 15) is 9.18 Å². The highest BCUT2D eigenvalue weighted by Gasteiger charge is 2.27. The monoisotopic (exact) mass is 258 g/mol. The Morgan fingerprint density at radius 3 is 2.37 bits per heavy atom. The molecule has 0 saturated carbocycles. The molecule has 1 unspecified atom stereocenters. The zero-order valence-corrected chi connectivity index (χ0v) is 11.6. The van der Waals surface area contributed by atoms with Crippen LogP contribution in [0.2, 0.25) is 0 Å². The summed E-state index contributed by atoms with van der Waals surface area (Å²) in [6.45, 7) is 5.44. The molecule has 0 N–H and O–H groups in total. The van der Waals surface area contributed by atoms with E-state index >= 15 is 0 Å². The van der Waals surface area contributed by atoms with Crippen molar-refractivity contribution in [2.75, 3.05) is 7.05 Å². The fourth-order valence-electron chi connectivity index (χ4n) is 2.38. The molecule has 0 bridgehead atoms. The standard InChI is InChI=1S/C16H17FNO/c1-10-9-15(13-5-7-14(17)8-6-13)16(12(3)19)11(2)18(10)4/h5-8,15H,1-4H3. The number of allylic oxidation sites excluding steroid dienone is 4. The molecule has 2 nitrogen and oxygen atoms in total. The minimum atomic E-state index is -0.276. The number of hydrogen-bond acceptors (Lipinski definition) is 2. The third-order valence-corrected chi connectivity index (χ3v) is 3.62. The minimum Gasteiger partial charge on any atom is -0.351 e. The van der Waals surface area contributed by atoms with E-state index in [0.717, 1.165) is 22.5 Å². The van der Waals surface area contributed by atoms with E-state index in [2.05, 4.69) is 6.08 Å². The van der Waals surface area contributed by atoms with Gasteiger partial charge in [-0.1, -0.05) is 12.1 Å². The molecule has 1 aromatic carbocycles. The van der Waals surface area contributed by atoms with Crippen LogP contribution in [-0.2, 0) is 4.79 Å². The van der Waals surface area contributed by atoms with Crippen molar-refractivity contribution in [3.8, 4) is 0 Å². The molecular formula is C16H17FNO. The topological polar surface area (TPSA) is 20.3 Å². The van der Waals surface area contributed by atoms with Crippen molar-refractivity contribution in [1.29, 1.82) is 0 Å². The van der Waals surface area contributed by atoms with Crippen LogP contribution in [0.3, 0.4) is 0 Å². The van der Waals surface area contributed by atoms with Crippen molar-refractivity contribution in [3.63, 3.8) is 0 Å². The largest absolute Gasteiger partial charge is 0.351 e. The summed E-state index contributed by atoms with van der Waals surface area (Å²) < 4.78 is 13.0. The maximum atomic E-state index is 13.0. The fourth-order valence-corrected chi connectivity index (χ4v) is 2.38. The molecule has 0 aromatic heterocycles. The lowest BCUT2D eigenvalue weighted by Crippen LogP contribution is -2.25. The summed E-state index contributed by atoms with van der Waals surface area (Å²) in [5.41, 5.74) is 3.51. The maximum Gasteiger partial charge on any atom is 0.158 e. The maximum absolute atomic E-state index is 13.0. The summed E-state index contributed by atoms with van der Waals surface area (Å²) in [4.78, 5) is 13.9. The van der Waals surface area contributed by atoms with Crippen LogP contribution >= 0.6 is 0 Å². The first-order valence-corrected chi connectivity index (χ1v) is 6.22. The second kappa shape index (κ2) is 5.00. The molecule has 99 valence electrons. The quantitative estimate of drug-likeness (QED) is 0.810. The number of ketones is 1. The molecule has 1 aliphatic heterocycles. The van der Waals surface area contributed by atoms with Gasteiger partial charge < -0.3 is 4.90 Å². The van der Waals surface area contributed by atoms with Gasteiger partial charge in [0.15, 0.2) is 5.78 Å². The van der Waals surface area contributed by atoms with Crippen LogP contribution in [-0.4, -0.2) is 17.7 Å². The van der Waals surface area contributed by atoms with Gasteiger partial charge in [0, 0.05) is 29.9 Å². The summed E-state index contributed by atoms with van der Waals surface area (Å²) >= 11 is 0. The second-order valence-corrected chi connectivity index (χ2v) is 4.83. The number of rotatable bonds is 2. The number of carbonyl (C=O) groups is 1. The molecule has 2 rings (SSSR count). The van der Waals surface area contributed by atoms with E-state index in [4.69, 9.17) is 0 Å². The molecule has 0 fully saturated rings. The van der Waals surface area contributed by atoms with Crippen molar-refractivity contribution >= 4 is 5.78 Å². The molecule has 19 heavy (non-hydrogen) atoms. The Bertz CT molecular complexity index is 569. The van der Waals surface area contributed by atoms with Gasteiger partial charge in [0.2, 0.25) is 0 Å². The van der Waals surface area contributed by atoms with E-state index in [1.54, 1.807) is 19.1 Å². The molecule has 0 spiro atoms. The SMILES string of the molecule is CC(=O)C1=C(C)N(C)C(C)=[C]C1c1ccc(F)cc1. The number of halogens is 1. The fraction of sp³-hybridized carbons (Fsp3) is 0.312. The Kier molecular flexibility index (Phi) is 3.56. The first-order valence-electron chi connectivity index (χ1n) is 6.22. The number of nitrogens with zero attached hydrogens (tertiary/aromatic N) is 1. The zero-order chi connectivity index (χ0) is 14.2. The summed E-state index contributed by atoms with van der Waals surface area (Å²) in [5.74, 6) is -0.463. The summed E-state index contributed by atoms with van der Waals surface area (Å²) in [7, 11) is 1.92. The Morgan fingerprint density at radius 1 is 1.26 bits per heavy atom. The van der Waals surface area contributed by atoms with Crippen molar-refractivity contribution in [2.45, 2.75) is 26.7 Å². The summed E-state index contributed by atoms with van der Waals surface area (Å²) in [6, 6.07) is 6.25. The number of benzene rings is 1. The lowest BCUT2D eigenvalue weighted by atomic mass is 9.84. The third kappa shape index (κ3) is 2.46. The summed E-state index contributed by atoms with van der Waals surface area (Å²) in [6.07, 6.45) is 3.31. The molecule has 1 aliphatic rings. The van der Waals surface area contributed by atoms with Crippen LogP contribution in [0.25, 0.3) is 0 Å². The molecule has 1 atom stereocenters. The van der Waals surface area contributed by atoms with Crippen molar-refractivity contribution in [1.82, 2.24) is 4.90 Å². The lowest BCUT2D eigenvalue weighted by Gasteiger charge is -2.31. The van der Waals surface area contributed by atoms with Gasteiger partial charge in [0.25, 0.3) is 0 Å². The number of Topliss-reactive ketones (excluding diaryl/α,β-unsaturated/α-hetero) is 1. The van der Waals surface area contributed by atoms with Crippen LogP contribution in [0, 0.1) is 11.9 Å². The first kappa shape index (κ1) is 13.5. The highest BCUT2D eigenvalue weighted by Crippen LogP contribution is 2.35. The van der Waals surface area contributed by atoms with Gasteiger partial charge in [-0.15, -0.1) is 0 Å². The average molecular weight is 258 g/mol. The molecule has 0 saturated heterocycles. The molecule has 0 aliphatic carbocycles. The highest BCUT2D eigenvalue weighted by atomic mass is 19.1. The minimum absolute atomic E-state index is 0.0266. The Balaban J connectivity index is 2.53. The molecule has 1 aromatic rings. The number of carbonyl (C=O) groups excluding carboxylic acids is 1. The van der Waals surface area contributed by atoms with Crippen molar-refractivity contribution in [2.24, 2.45) is 0 Å². The lowest BCUT2D eigenvalue weighted by molar-refractivity contribution is -0.114. The van der Waals surface area contributed by atoms with E-state index in [1.165, 1.54) is 12.1 Å². The van der Waals surface area contributed by atoms with E-state index in [1.807, 2.05) is 25.8 Å². The molecule has 3 heteroatoms. The highest BCUT2D eigenvalue weighted by molar-refractivity contribution is 5.96. The molecule has 1 heterocycles. The molecular weight excluding hydrogens is 241 g/mol. The number of hydrogen-bond donors (Lipinski definition) is 0. The van der Waals surface area contributed by atoms with Crippen LogP contribution in [0.1, 0.15) is 32.3 Å². The molecule has 0 amide bonds. The van der Waals surface area contributed by atoms with Crippen molar-refractivity contribution < 1.29 is 9.18 Å². The Hall–Kier alpha value is -1.90. The van der Waals surface area contributed by atoms with E-state index in [-0.39, 0.29) is 17.5 Å². The van der Waals surface area contributed by atoms with E-state index in [0.29, 0.717) is 0 Å². The Labute approximate surface area is 113 Å².